The van der Waals surface area contributed by atoms with E-state index in [1.54, 1.807) is 0 Å². The first-order valence-corrected chi connectivity index (χ1v) is 8.23. The zero-order chi connectivity index (χ0) is 14.7. The highest BCUT2D eigenvalue weighted by Gasteiger charge is 2.36. The molecule has 21 heavy (non-hydrogen) atoms. The van der Waals surface area contributed by atoms with Gasteiger partial charge in [0.15, 0.2) is 0 Å². The Morgan fingerprint density at radius 2 is 1.81 bits per heavy atom. The number of hydrogen-bond acceptors (Lipinski definition) is 3. The van der Waals surface area contributed by atoms with E-state index in [0.29, 0.717) is 11.8 Å². The molecule has 0 spiro atoms. The van der Waals surface area contributed by atoms with Gasteiger partial charge in [0.25, 0.3) is 0 Å². The molecule has 1 heterocycles. The molecule has 1 saturated heterocycles. The van der Waals surface area contributed by atoms with Crippen LogP contribution in [0.5, 0.6) is 0 Å². The molecule has 1 saturated carbocycles. The molecule has 2 fully saturated rings. The quantitative estimate of drug-likeness (QED) is 0.925. The first kappa shape index (κ1) is 14.7. The molecule has 3 heteroatoms. The molecule has 1 aromatic carbocycles. The van der Waals surface area contributed by atoms with Crippen molar-refractivity contribution in [3.05, 3.63) is 35.4 Å². The van der Waals surface area contributed by atoms with Crippen molar-refractivity contribution in [1.82, 2.24) is 4.90 Å². The molecular weight excluding hydrogens is 262 g/mol. The third kappa shape index (κ3) is 3.35. The molecule has 0 radical (unpaired) electrons. The van der Waals surface area contributed by atoms with E-state index in [1.165, 1.54) is 24.8 Å². The number of ketones is 1. The second-order valence-corrected chi connectivity index (χ2v) is 6.47. The van der Waals surface area contributed by atoms with Gasteiger partial charge in [-0.1, -0.05) is 30.7 Å². The van der Waals surface area contributed by atoms with Gasteiger partial charge < -0.3 is 5.11 Å². The van der Waals surface area contributed by atoms with Gasteiger partial charge in [-0.25, -0.2) is 0 Å². The van der Waals surface area contributed by atoms with E-state index in [9.17, 15) is 4.79 Å². The van der Waals surface area contributed by atoms with Gasteiger partial charge in [0, 0.05) is 24.9 Å². The van der Waals surface area contributed by atoms with Crippen molar-refractivity contribution < 1.29 is 9.90 Å². The van der Waals surface area contributed by atoms with E-state index in [-0.39, 0.29) is 12.5 Å². The number of nitrogens with zero attached hydrogens (tertiary/aromatic N) is 1. The van der Waals surface area contributed by atoms with Crippen LogP contribution in [-0.4, -0.2) is 28.4 Å². The highest BCUT2D eigenvalue weighted by atomic mass is 16.3. The zero-order valence-corrected chi connectivity index (χ0v) is 12.6. The lowest BCUT2D eigenvalue weighted by atomic mass is 9.88. The number of aliphatic hydroxyl groups is 1. The summed E-state index contributed by atoms with van der Waals surface area (Å²) < 4.78 is 0. The molecule has 1 aliphatic heterocycles. The van der Waals surface area contributed by atoms with Crippen LogP contribution in [0.15, 0.2) is 24.3 Å². The van der Waals surface area contributed by atoms with E-state index in [1.807, 2.05) is 12.1 Å². The van der Waals surface area contributed by atoms with E-state index in [4.69, 9.17) is 5.11 Å². The summed E-state index contributed by atoms with van der Waals surface area (Å²) in [6.45, 7) is 2.14. The summed E-state index contributed by atoms with van der Waals surface area (Å²) in [6, 6.07) is 8.65. The topological polar surface area (TPSA) is 40.5 Å². The number of benzene rings is 1. The van der Waals surface area contributed by atoms with Crippen LogP contribution in [-0.2, 0) is 17.9 Å². The molecule has 1 aromatic rings. The number of carbonyl (C=O) groups is 1. The molecule has 3 rings (SSSR count). The standard InChI is InChI=1S/C18H25NO2/c20-13-15-9-7-14(8-10-15)12-19-11-2-1-5-17(19)16-4-3-6-18(16)21/h7-10,16-17,20H,1-6,11-13H2. The minimum Gasteiger partial charge on any atom is -0.392 e. The van der Waals surface area contributed by atoms with Crippen LogP contribution in [0.4, 0.5) is 0 Å². The van der Waals surface area contributed by atoms with Crippen molar-refractivity contribution in [2.24, 2.45) is 5.92 Å². The van der Waals surface area contributed by atoms with Crippen LogP contribution >= 0.6 is 0 Å². The average Bonchev–Trinajstić information content (AvgIpc) is 2.95. The monoisotopic (exact) mass is 287 g/mol. The van der Waals surface area contributed by atoms with Crippen molar-refractivity contribution in [1.29, 1.82) is 0 Å². The largest absolute Gasteiger partial charge is 0.392 e. The second-order valence-electron chi connectivity index (χ2n) is 6.47. The van der Waals surface area contributed by atoms with Crippen LogP contribution in [0.1, 0.15) is 49.7 Å². The molecule has 0 amide bonds. The highest BCUT2D eigenvalue weighted by molar-refractivity contribution is 5.83. The average molecular weight is 287 g/mol. The van der Waals surface area contributed by atoms with Crippen molar-refractivity contribution >= 4 is 5.78 Å². The van der Waals surface area contributed by atoms with E-state index in [2.05, 4.69) is 17.0 Å². The van der Waals surface area contributed by atoms with E-state index >= 15 is 0 Å². The molecule has 2 unspecified atom stereocenters. The second kappa shape index (κ2) is 6.71. The zero-order valence-electron chi connectivity index (χ0n) is 12.6. The summed E-state index contributed by atoms with van der Waals surface area (Å²) in [7, 11) is 0. The summed E-state index contributed by atoms with van der Waals surface area (Å²) >= 11 is 0. The summed E-state index contributed by atoms with van der Waals surface area (Å²) in [4.78, 5) is 14.6. The number of Topliss-reactive ketones (excluding diaryl/α,β-unsaturated/α-hetero) is 1. The smallest absolute Gasteiger partial charge is 0.137 e. The maximum absolute atomic E-state index is 12.1. The fraction of sp³-hybridized carbons (Fsp3) is 0.611. The minimum atomic E-state index is 0.100. The Bertz CT molecular complexity index is 482. The Morgan fingerprint density at radius 3 is 2.48 bits per heavy atom. The van der Waals surface area contributed by atoms with Gasteiger partial charge >= 0.3 is 0 Å². The normalized spacial score (nSPS) is 27.2. The number of likely N-dealkylation sites (tertiary alicyclic amines) is 1. The van der Waals surface area contributed by atoms with Crippen LogP contribution in [0.3, 0.4) is 0 Å². The Labute approximate surface area is 127 Å². The third-order valence-corrected chi connectivity index (χ3v) is 5.07. The Kier molecular flexibility index (Phi) is 4.71. The molecular formula is C18H25NO2. The molecule has 2 aliphatic rings. The SMILES string of the molecule is O=C1CCCC1C1CCCCN1Cc1ccc(CO)cc1. The fourth-order valence-corrected chi connectivity index (χ4v) is 3.90. The highest BCUT2D eigenvalue weighted by Crippen LogP contribution is 2.33. The fourth-order valence-electron chi connectivity index (χ4n) is 3.90. The van der Waals surface area contributed by atoms with Crippen molar-refractivity contribution in [3.8, 4) is 0 Å². The summed E-state index contributed by atoms with van der Waals surface area (Å²) in [6.07, 6.45) is 6.63. The number of piperidine rings is 1. The lowest BCUT2D eigenvalue weighted by Crippen LogP contribution is -2.44. The first-order valence-electron chi connectivity index (χ1n) is 8.23. The number of carbonyl (C=O) groups excluding carboxylic acids is 1. The third-order valence-electron chi connectivity index (χ3n) is 5.07. The van der Waals surface area contributed by atoms with Gasteiger partial charge in [-0.15, -0.1) is 0 Å². The molecule has 3 nitrogen and oxygen atoms in total. The maximum atomic E-state index is 12.1. The van der Waals surface area contributed by atoms with E-state index < -0.39 is 0 Å². The summed E-state index contributed by atoms with van der Waals surface area (Å²) in [5.74, 6) is 0.768. The van der Waals surface area contributed by atoms with Gasteiger partial charge in [-0.3, -0.25) is 9.69 Å². The molecule has 0 aromatic heterocycles. The summed E-state index contributed by atoms with van der Waals surface area (Å²) in [5.41, 5.74) is 2.24. The Morgan fingerprint density at radius 1 is 1.05 bits per heavy atom. The van der Waals surface area contributed by atoms with Crippen LogP contribution in [0, 0.1) is 5.92 Å². The molecule has 1 N–H and O–H groups in total. The van der Waals surface area contributed by atoms with Crippen molar-refractivity contribution in [2.45, 2.75) is 57.7 Å². The van der Waals surface area contributed by atoms with E-state index in [0.717, 1.165) is 37.9 Å². The Hall–Kier alpha value is -1.19. The summed E-state index contributed by atoms with van der Waals surface area (Å²) in [5, 5.41) is 9.12. The predicted molar refractivity (Wildman–Crippen MR) is 82.8 cm³/mol. The van der Waals surface area contributed by atoms with Crippen LogP contribution in [0.2, 0.25) is 0 Å². The lowest BCUT2D eigenvalue weighted by Gasteiger charge is -2.38. The molecule has 1 aliphatic carbocycles. The first-order chi connectivity index (χ1) is 10.3. The minimum absolute atomic E-state index is 0.100. The van der Waals surface area contributed by atoms with Gasteiger partial charge in [0.05, 0.1) is 6.61 Å². The number of rotatable bonds is 4. The van der Waals surface area contributed by atoms with Crippen molar-refractivity contribution in [2.75, 3.05) is 6.54 Å². The van der Waals surface area contributed by atoms with Gasteiger partial charge in [-0.2, -0.15) is 0 Å². The maximum Gasteiger partial charge on any atom is 0.137 e. The molecule has 0 bridgehead atoms. The number of aliphatic hydroxyl groups excluding tert-OH is 1. The van der Waals surface area contributed by atoms with Crippen molar-refractivity contribution in [3.63, 3.8) is 0 Å². The van der Waals surface area contributed by atoms with Crippen LogP contribution in [0.25, 0.3) is 0 Å². The van der Waals surface area contributed by atoms with Crippen LogP contribution < -0.4 is 0 Å². The van der Waals surface area contributed by atoms with Gasteiger partial charge in [-0.05, 0) is 43.4 Å². The number of hydrogen-bond donors (Lipinski definition) is 1. The molecule has 114 valence electrons. The lowest BCUT2D eigenvalue weighted by molar-refractivity contribution is -0.123. The predicted octanol–water partition coefficient (Wildman–Crippen LogP) is 2.90. The van der Waals surface area contributed by atoms with Gasteiger partial charge in [0.1, 0.15) is 5.78 Å². The van der Waals surface area contributed by atoms with Gasteiger partial charge in [0.2, 0.25) is 0 Å². The molecule has 2 atom stereocenters. The Balaban J connectivity index is 1.70.